The molecule has 98 valence electrons. The minimum absolute atomic E-state index is 0.0935. The maximum absolute atomic E-state index is 11.9. The first-order valence-corrected chi connectivity index (χ1v) is 5.76. The summed E-state index contributed by atoms with van der Waals surface area (Å²) in [5.74, 6) is -0.411. The molecule has 6 heteroatoms. The lowest BCUT2D eigenvalue weighted by Crippen LogP contribution is -2.35. The van der Waals surface area contributed by atoms with Crippen molar-refractivity contribution in [2.24, 2.45) is 0 Å². The molecule has 0 aliphatic carbocycles. The van der Waals surface area contributed by atoms with E-state index in [-0.39, 0.29) is 18.1 Å². The maximum Gasteiger partial charge on any atom is 0.270 e. The first-order chi connectivity index (χ1) is 9.11. The number of hydrogen-bond donors (Lipinski definition) is 3. The van der Waals surface area contributed by atoms with Crippen molar-refractivity contribution >= 4 is 28.4 Å². The highest BCUT2D eigenvalue weighted by molar-refractivity contribution is 6.00. The Morgan fingerprint density at radius 2 is 2.05 bits per heavy atom. The molecule has 1 heterocycles. The predicted octanol–water partition coefficient (Wildman–Crippen LogP) is 0.293. The summed E-state index contributed by atoms with van der Waals surface area (Å²) in [6.07, 6.45) is 0. The van der Waals surface area contributed by atoms with Crippen LogP contribution >= 0.6 is 0 Å². The molecule has 4 N–H and O–H groups in total. The van der Waals surface area contributed by atoms with Gasteiger partial charge in [0.05, 0.1) is 6.54 Å². The normalized spacial score (nSPS) is 10.2. The number of nitrogens with two attached hydrogens (primary N) is 1. The minimum atomic E-state index is -0.430. The van der Waals surface area contributed by atoms with Crippen LogP contribution < -0.4 is 16.4 Å². The number of fused-ring (bicyclic) bond motifs is 1. The quantitative estimate of drug-likeness (QED) is 0.737. The van der Waals surface area contributed by atoms with Crippen molar-refractivity contribution in [3.8, 4) is 0 Å². The molecular weight excluding hydrogens is 244 g/mol. The summed E-state index contributed by atoms with van der Waals surface area (Å²) in [6, 6.07) is 9.04. The van der Waals surface area contributed by atoms with Crippen LogP contribution in [-0.4, -0.2) is 30.4 Å². The first kappa shape index (κ1) is 12.8. The second-order valence-electron chi connectivity index (χ2n) is 3.97. The Bertz CT molecular complexity index is 640. The van der Waals surface area contributed by atoms with Crippen LogP contribution in [0.2, 0.25) is 0 Å². The summed E-state index contributed by atoms with van der Waals surface area (Å²) in [6.45, 7) is -0.0935. The lowest BCUT2D eigenvalue weighted by atomic mass is 10.1. The molecule has 19 heavy (non-hydrogen) atoms. The Morgan fingerprint density at radius 3 is 2.79 bits per heavy atom. The minimum Gasteiger partial charge on any atom is -0.383 e. The SMILES string of the molecule is CNC(=O)CNC(=O)c1cc2ccccc2c(N)n1. The number of hydrogen-bond acceptors (Lipinski definition) is 4. The van der Waals surface area contributed by atoms with Crippen LogP contribution in [0.25, 0.3) is 10.8 Å². The highest BCUT2D eigenvalue weighted by Crippen LogP contribution is 2.19. The lowest BCUT2D eigenvalue weighted by molar-refractivity contribution is -0.119. The zero-order chi connectivity index (χ0) is 13.8. The highest BCUT2D eigenvalue weighted by atomic mass is 16.2. The molecule has 0 radical (unpaired) electrons. The molecule has 0 unspecified atom stereocenters. The smallest absolute Gasteiger partial charge is 0.270 e. The van der Waals surface area contributed by atoms with Gasteiger partial charge in [0.25, 0.3) is 5.91 Å². The van der Waals surface area contributed by atoms with Crippen LogP contribution in [-0.2, 0) is 4.79 Å². The third-order valence-corrected chi connectivity index (χ3v) is 2.69. The van der Waals surface area contributed by atoms with Crippen LogP contribution in [0, 0.1) is 0 Å². The maximum atomic E-state index is 11.9. The van der Waals surface area contributed by atoms with Gasteiger partial charge in [-0.3, -0.25) is 9.59 Å². The van der Waals surface area contributed by atoms with E-state index >= 15 is 0 Å². The van der Waals surface area contributed by atoms with Gasteiger partial charge in [0.15, 0.2) is 0 Å². The number of nitrogens with zero attached hydrogens (tertiary/aromatic N) is 1. The number of nitrogen functional groups attached to an aromatic ring is 1. The highest BCUT2D eigenvalue weighted by Gasteiger charge is 2.11. The largest absolute Gasteiger partial charge is 0.383 e. The molecule has 1 aromatic carbocycles. The van der Waals surface area contributed by atoms with Crippen molar-refractivity contribution in [1.82, 2.24) is 15.6 Å². The van der Waals surface area contributed by atoms with Gasteiger partial charge in [-0.25, -0.2) is 4.98 Å². The summed E-state index contributed by atoms with van der Waals surface area (Å²) < 4.78 is 0. The molecule has 0 spiro atoms. The van der Waals surface area contributed by atoms with Crippen LogP contribution in [0.15, 0.2) is 30.3 Å². The predicted molar refractivity (Wildman–Crippen MR) is 72.6 cm³/mol. The summed E-state index contributed by atoms with van der Waals surface area (Å²) in [4.78, 5) is 26.9. The number of pyridine rings is 1. The van der Waals surface area contributed by atoms with E-state index in [4.69, 9.17) is 5.73 Å². The number of carbonyl (C=O) groups excluding carboxylic acids is 2. The fourth-order valence-corrected chi connectivity index (χ4v) is 1.68. The summed E-state index contributed by atoms with van der Waals surface area (Å²) in [7, 11) is 1.50. The molecule has 0 fully saturated rings. The zero-order valence-electron chi connectivity index (χ0n) is 10.4. The van der Waals surface area contributed by atoms with E-state index in [1.165, 1.54) is 7.05 Å². The van der Waals surface area contributed by atoms with Crippen molar-refractivity contribution in [3.63, 3.8) is 0 Å². The van der Waals surface area contributed by atoms with E-state index in [0.717, 1.165) is 10.8 Å². The number of amides is 2. The van der Waals surface area contributed by atoms with E-state index in [1.807, 2.05) is 24.3 Å². The first-order valence-electron chi connectivity index (χ1n) is 5.76. The zero-order valence-corrected chi connectivity index (χ0v) is 10.4. The number of anilines is 1. The van der Waals surface area contributed by atoms with Crippen LogP contribution in [0.4, 0.5) is 5.82 Å². The molecule has 0 saturated heterocycles. The van der Waals surface area contributed by atoms with E-state index in [0.29, 0.717) is 5.82 Å². The monoisotopic (exact) mass is 258 g/mol. The van der Waals surface area contributed by atoms with Crippen LogP contribution in [0.5, 0.6) is 0 Å². The fraction of sp³-hybridized carbons (Fsp3) is 0.154. The second-order valence-corrected chi connectivity index (χ2v) is 3.97. The topological polar surface area (TPSA) is 97.1 Å². The van der Waals surface area contributed by atoms with Gasteiger partial charge in [0.1, 0.15) is 11.5 Å². The fourth-order valence-electron chi connectivity index (χ4n) is 1.68. The van der Waals surface area contributed by atoms with Crippen molar-refractivity contribution in [2.45, 2.75) is 0 Å². The summed E-state index contributed by atoms with van der Waals surface area (Å²) in [5.41, 5.74) is 6.00. The Hall–Kier alpha value is -2.63. The molecule has 0 aliphatic heterocycles. The van der Waals surface area contributed by atoms with Crippen molar-refractivity contribution < 1.29 is 9.59 Å². The molecule has 0 aliphatic rings. The molecule has 0 saturated carbocycles. The molecule has 6 nitrogen and oxygen atoms in total. The van der Waals surface area contributed by atoms with Crippen molar-refractivity contribution in [1.29, 1.82) is 0 Å². The number of carbonyl (C=O) groups is 2. The van der Waals surface area contributed by atoms with Gasteiger partial charge in [-0.1, -0.05) is 24.3 Å². The van der Waals surface area contributed by atoms with Crippen LogP contribution in [0.3, 0.4) is 0 Å². The summed E-state index contributed by atoms with van der Waals surface area (Å²) >= 11 is 0. The van der Waals surface area contributed by atoms with E-state index < -0.39 is 5.91 Å². The number of nitrogens with one attached hydrogen (secondary N) is 2. The average Bonchev–Trinajstić information content (AvgIpc) is 2.44. The number of aromatic nitrogens is 1. The van der Waals surface area contributed by atoms with Gasteiger partial charge in [-0.2, -0.15) is 0 Å². The number of likely N-dealkylation sites (N-methyl/N-ethyl adjacent to an activating group) is 1. The van der Waals surface area contributed by atoms with Gasteiger partial charge in [0.2, 0.25) is 5.91 Å². The Kier molecular flexibility index (Phi) is 3.61. The van der Waals surface area contributed by atoms with Crippen LogP contribution in [0.1, 0.15) is 10.5 Å². The average molecular weight is 258 g/mol. The van der Waals surface area contributed by atoms with Gasteiger partial charge >= 0.3 is 0 Å². The number of benzene rings is 1. The van der Waals surface area contributed by atoms with Crippen molar-refractivity contribution in [3.05, 3.63) is 36.0 Å². The Balaban J connectivity index is 2.25. The van der Waals surface area contributed by atoms with E-state index in [2.05, 4.69) is 15.6 Å². The molecule has 0 bridgehead atoms. The van der Waals surface area contributed by atoms with Gasteiger partial charge in [0, 0.05) is 12.4 Å². The van der Waals surface area contributed by atoms with Gasteiger partial charge in [-0.15, -0.1) is 0 Å². The Labute approximate surface area is 110 Å². The molecule has 2 amide bonds. The molecule has 2 aromatic rings. The van der Waals surface area contributed by atoms with E-state index in [1.54, 1.807) is 6.07 Å². The van der Waals surface area contributed by atoms with Crippen molar-refractivity contribution in [2.75, 3.05) is 19.3 Å². The second kappa shape index (κ2) is 5.34. The molecule has 2 rings (SSSR count). The van der Waals surface area contributed by atoms with E-state index in [9.17, 15) is 9.59 Å². The third-order valence-electron chi connectivity index (χ3n) is 2.69. The molecule has 0 atom stereocenters. The number of rotatable bonds is 3. The molecular formula is C13H14N4O2. The lowest BCUT2D eigenvalue weighted by Gasteiger charge is -2.06. The Morgan fingerprint density at radius 1 is 1.32 bits per heavy atom. The van der Waals surface area contributed by atoms with Gasteiger partial charge in [-0.05, 0) is 11.5 Å². The molecule has 1 aromatic heterocycles. The van der Waals surface area contributed by atoms with Gasteiger partial charge < -0.3 is 16.4 Å². The summed E-state index contributed by atoms with van der Waals surface area (Å²) in [5, 5.41) is 6.52. The standard InChI is InChI=1S/C13H14N4O2/c1-15-11(18)7-16-13(19)10-6-8-4-2-3-5-9(8)12(14)17-10/h2-6H,7H2,1H3,(H2,14,17)(H,15,18)(H,16,19). The third kappa shape index (κ3) is 2.79.